The molecule has 5 heteroatoms. The molecule has 1 saturated heterocycles. The van der Waals surface area contributed by atoms with Crippen LogP contribution in [0.4, 0.5) is 0 Å². The molecule has 0 aromatic carbocycles. The lowest BCUT2D eigenvalue weighted by Gasteiger charge is -2.37. The smallest absolute Gasteiger partial charge is 0.227 e. The Hall–Kier alpha value is -0.320. The summed E-state index contributed by atoms with van der Waals surface area (Å²) in [7, 11) is 0. The molecule has 0 spiro atoms. The third-order valence-corrected chi connectivity index (χ3v) is 5.08. The fourth-order valence-electron chi connectivity index (χ4n) is 3.34. The molecule has 4 nitrogen and oxygen atoms in total. The Morgan fingerprint density at radius 3 is 2.35 bits per heavy atom. The number of halogens is 1. The summed E-state index contributed by atoms with van der Waals surface area (Å²) in [5, 5.41) is 3.25. The topological polar surface area (TPSA) is 64.4 Å². The first-order chi connectivity index (χ1) is 9.20. The Morgan fingerprint density at radius 2 is 1.85 bits per heavy atom. The van der Waals surface area contributed by atoms with Gasteiger partial charge in [0.05, 0.1) is 5.41 Å². The van der Waals surface area contributed by atoms with Crippen LogP contribution in [0.2, 0.25) is 0 Å². The molecule has 20 heavy (non-hydrogen) atoms. The maximum Gasteiger partial charge on any atom is 0.227 e. The summed E-state index contributed by atoms with van der Waals surface area (Å²) in [5.74, 6) is 1.03. The van der Waals surface area contributed by atoms with Gasteiger partial charge in [0.15, 0.2) is 0 Å². The second kappa shape index (κ2) is 8.20. The molecular weight excluding hydrogens is 276 g/mol. The van der Waals surface area contributed by atoms with Crippen LogP contribution in [0.25, 0.3) is 0 Å². The summed E-state index contributed by atoms with van der Waals surface area (Å²) in [5.41, 5.74) is 5.50. The summed E-state index contributed by atoms with van der Waals surface area (Å²) >= 11 is 0. The van der Waals surface area contributed by atoms with E-state index in [2.05, 4.69) is 12.2 Å². The number of nitrogens with two attached hydrogens (primary N) is 1. The van der Waals surface area contributed by atoms with Crippen LogP contribution in [0.15, 0.2) is 0 Å². The minimum Gasteiger partial charge on any atom is -0.381 e. The third kappa shape index (κ3) is 4.09. The van der Waals surface area contributed by atoms with Crippen LogP contribution in [-0.4, -0.2) is 31.7 Å². The average Bonchev–Trinajstić information content (AvgIpc) is 2.48. The molecule has 1 saturated carbocycles. The van der Waals surface area contributed by atoms with Crippen molar-refractivity contribution in [2.45, 2.75) is 57.9 Å². The molecular formula is C15H29ClN2O2. The Bertz CT molecular complexity index is 298. The molecule has 3 N–H and O–H groups in total. The molecule has 0 unspecified atom stereocenters. The van der Waals surface area contributed by atoms with E-state index in [9.17, 15) is 4.79 Å². The van der Waals surface area contributed by atoms with E-state index in [-0.39, 0.29) is 23.7 Å². The predicted molar refractivity (Wildman–Crippen MR) is 83.0 cm³/mol. The van der Waals surface area contributed by atoms with Gasteiger partial charge in [-0.15, -0.1) is 12.4 Å². The van der Waals surface area contributed by atoms with Crippen molar-refractivity contribution in [3.05, 3.63) is 0 Å². The van der Waals surface area contributed by atoms with Crippen molar-refractivity contribution in [3.8, 4) is 0 Å². The van der Waals surface area contributed by atoms with E-state index in [0.29, 0.717) is 25.8 Å². The summed E-state index contributed by atoms with van der Waals surface area (Å²) in [4.78, 5) is 12.5. The summed E-state index contributed by atoms with van der Waals surface area (Å²) < 4.78 is 5.36. The quantitative estimate of drug-likeness (QED) is 0.837. The fraction of sp³-hybridized carbons (Fsp3) is 0.933. The molecule has 118 valence electrons. The van der Waals surface area contributed by atoms with Crippen LogP contribution in [0.5, 0.6) is 0 Å². The van der Waals surface area contributed by atoms with Gasteiger partial charge in [0.1, 0.15) is 0 Å². The average molecular weight is 305 g/mol. The highest BCUT2D eigenvalue weighted by Gasteiger charge is 2.39. The largest absolute Gasteiger partial charge is 0.381 e. The van der Waals surface area contributed by atoms with Crippen LogP contribution in [0.1, 0.15) is 51.9 Å². The number of nitrogens with one attached hydrogen (secondary N) is 1. The first-order valence-corrected chi connectivity index (χ1v) is 7.79. The van der Waals surface area contributed by atoms with E-state index in [1.54, 1.807) is 0 Å². The molecule has 0 atom stereocenters. The van der Waals surface area contributed by atoms with E-state index in [4.69, 9.17) is 10.5 Å². The third-order valence-electron chi connectivity index (χ3n) is 5.08. The highest BCUT2D eigenvalue weighted by Crippen LogP contribution is 2.31. The van der Waals surface area contributed by atoms with Crippen molar-refractivity contribution < 1.29 is 9.53 Å². The minimum atomic E-state index is -0.375. The van der Waals surface area contributed by atoms with Crippen LogP contribution in [0, 0.1) is 11.3 Å². The predicted octanol–water partition coefficient (Wildman–Crippen LogP) is 2.25. The van der Waals surface area contributed by atoms with Crippen LogP contribution < -0.4 is 11.1 Å². The van der Waals surface area contributed by atoms with Gasteiger partial charge in [0.2, 0.25) is 5.91 Å². The molecule has 1 amide bonds. The fourth-order valence-corrected chi connectivity index (χ4v) is 3.34. The lowest BCUT2D eigenvalue weighted by Crippen LogP contribution is -2.52. The Balaban J connectivity index is 0.00000200. The van der Waals surface area contributed by atoms with Crippen molar-refractivity contribution in [3.63, 3.8) is 0 Å². The number of carbonyl (C=O) groups excluding carboxylic acids is 1. The molecule has 1 heterocycles. The van der Waals surface area contributed by atoms with Gasteiger partial charge in [-0.1, -0.05) is 13.3 Å². The van der Waals surface area contributed by atoms with Gasteiger partial charge in [-0.05, 0) is 44.4 Å². The highest BCUT2D eigenvalue weighted by atomic mass is 35.5. The Morgan fingerprint density at radius 1 is 1.25 bits per heavy atom. The van der Waals surface area contributed by atoms with Crippen molar-refractivity contribution in [1.82, 2.24) is 5.32 Å². The van der Waals surface area contributed by atoms with Crippen molar-refractivity contribution in [2.24, 2.45) is 17.1 Å². The molecule has 1 aliphatic carbocycles. The Labute approximate surface area is 128 Å². The summed E-state index contributed by atoms with van der Waals surface area (Å²) in [6.45, 7) is 4.02. The number of hydrogen-bond acceptors (Lipinski definition) is 3. The zero-order chi connectivity index (χ0) is 13.7. The number of rotatable bonds is 4. The zero-order valence-corrected chi connectivity index (χ0v) is 13.3. The number of amides is 1. The molecule has 2 aliphatic rings. The molecule has 0 aromatic rings. The first kappa shape index (κ1) is 17.7. The van der Waals surface area contributed by atoms with Crippen LogP contribution in [-0.2, 0) is 9.53 Å². The van der Waals surface area contributed by atoms with Gasteiger partial charge in [-0.3, -0.25) is 4.79 Å². The highest BCUT2D eigenvalue weighted by molar-refractivity contribution is 5.85. The van der Waals surface area contributed by atoms with Crippen molar-refractivity contribution in [2.75, 3.05) is 19.8 Å². The first-order valence-electron chi connectivity index (χ1n) is 7.79. The lowest BCUT2D eigenvalue weighted by atomic mass is 9.78. The molecule has 0 radical (unpaired) electrons. The van der Waals surface area contributed by atoms with Gasteiger partial charge >= 0.3 is 0 Å². The molecule has 2 fully saturated rings. The maximum absolute atomic E-state index is 12.5. The number of carbonyl (C=O) groups is 1. The SMILES string of the molecule is CCC1CCC(NC(=O)C2(CN)CCOCC2)CC1.Cl. The second-order valence-electron chi connectivity index (χ2n) is 6.20. The van der Waals surface area contributed by atoms with Gasteiger partial charge < -0.3 is 15.8 Å². The normalized spacial score (nSPS) is 29.3. The van der Waals surface area contributed by atoms with E-state index in [1.165, 1.54) is 19.3 Å². The van der Waals surface area contributed by atoms with Crippen molar-refractivity contribution >= 4 is 18.3 Å². The van der Waals surface area contributed by atoms with E-state index in [1.807, 2.05) is 0 Å². The molecule has 0 aromatic heterocycles. The molecule has 0 bridgehead atoms. The van der Waals surface area contributed by atoms with E-state index >= 15 is 0 Å². The molecule has 1 aliphatic heterocycles. The van der Waals surface area contributed by atoms with Gasteiger partial charge in [-0.25, -0.2) is 0 Å². The van der Waals surface area contributed by atoms with Crippen LogP contribution in [0.3, 0.4) is 0 Å². The Kier molecular flexibility index (Phi) is 7.27. The maximum atomic E-state index is 12.5. The van der Waals surface area contributed by atoms with Gasteiger partial charge in [-0.2, -0.15) is 0 Å². The second-order valence-corrected chi connectivity index (χ2v) is 6.20. The summed E-state index contributed by atoms with van der Waals surface area (Å²) in [6, 6.07) is 0.363. The van der Waals surface area contributed by atoms with Crippen molar-refractivity contribution in [1.29, 1.82) is 0 Å². The van der Waals surface area contributed by atoms with Gasteiger partial charge in [0.25, 0.3) is 0 Å². The minimum absolute atomic E-state index is 0. The lowest BCUT2D eigenvalue weighted by molar-refractivity contribution is -0.137. The zero-order valence-electron chi connectivity index (χ0n) is 12.5. The number of hydrogen-bond donors (Lipinski definition) is 2. The number of ether oxygens (including phenoxy) is 1. The monoisotopic (exact) mass is 304 g/mol. The van der Waals surface area contributed by atoms with E-state index in [0.717, 1.165) is 31.6 Å². The van der Waals surface area contributed by atoms with Crippen LogP contribution >= 0.6 is 12.4 Å². The summed E-state index contributed by atoms with van der Waals surface area (Å²) in [6.07, 6.45) is 7.55. The standard InChI is InChI=1S/C15H28N2O2.ClH/c1-2-12-3-5-13(6-4-12)17-14(18)15(11-16)7-9-19-10-8-15;/h12-13H,2-11,16H2,1H3,(H,17,18);1H. The van der Waals surface area contributed by atoms with E-state index < -0.39 is 0 Å². The molecule has 2 rings (SSSR count). The van der Waals surface area contributed by atoms with Gasteiger partial charge in [0, 0.05) is 25.8 Å².